The topological polar surface area (TPSA) is 87.4 Å². The standard InChI is InChI=1S/C20H22N6O/c1-13-4-3-5-14(2)18(13)25-19-17-11-22-12-26(17)20-16(24-19)7-6-15(23-20)10-21-8-9-27/h3-7,11-12,21,27H,8-10H2,1-2H3,(H,24,25). The van der Waals surface area contributed by atoms with E-state index in [1.807, 2.05) is 22.6 Å². The van der Waals surface area contributed by atoms with Crippen molar-refractivity contribution in [3.8, 4) is 0 Å². The summed E-state index contributed by atoms with van der Waals surface area (Å²) in [5.74, 6) is 0.755. The Morgan fingerprint density at radius 2 is 1.89 bits per heavy atom. The Morgan fingerprint density at radius 1 is 1.07 bits per heavy atom. The lowest BCUT2D eigenvalue weighted by molar-refractivity contribution is 0.291. The molecule has 0 atom stereocenters. The Balaban J connectivity index is 1.78. The number of aromatic nitrogens is 4. The summed E-state index contributed by atoms with van der Waals surface area (Å²) in [5.41, 5.74) is 6.71. The molecule has 0 amide bonds. The predicted molar refractivity (Wildman–Crippen MR) is 106 cm³/mol. The molecule has 3 aromatic heterocycles. The lowest BCUT2D eigenvalue weighted by Crippen LogP contribution is -2.18. The molecule has 0 unspecified atom stereocenters. The van der Waals surface area contributed by atoms with Crippen molar-refractivity contribution in [2.45, 2.75) is 20.4 Å². The summed E-state index contributed by atoms with van der Waals surface area (Å²) in [6.07, 6.45) is 3.55. The zero-order valence-electron chi connectivity index (χ0n) is 15.4. The van der Waals surface area contributed by atoms with Gasteiger partial charge in [0.1, 0.15) is 17.4 Å². The number of aliphatic hydroxyl groups excluding tert-OH is 1. The fourth-order valence-electron chi connectivity index (χ4n) is 3.18. The molecule has 7 nitrogen and oxygen atoms in total. The van der Waals surface area contributed by atoms with Crippen LogP contribution in [0.4, 0.5) is 11.5 Å². The maximum atomic E-state index is 8.91. The molecule has 4 aromatic rings. The number of benzene rings is 1. The zero-order valence-corrected chi connectivity index (χ0v) is 15.4. The fraction of sp³-hybridized carbons (Fsp3) is 0.250. The van der Waals surface area contributed by atoms with E-state index in [0.717, 1.165) is 45.0 Å². The summed E-state index contributed by atoms with van der Waals surface area (Å²) in [6, 6.07) is 10.1. The molecule has 7 heteroatoms. The first-order valence-electron chi connectivity index (χ1n) is 8.94. The van der Waals surface area contributed by atoms with Crippen molar-refractivity contribution in [1.29, 1.82) is 0 Å². The van der Waals surface area contributed by atoms with Crippen LogP contribution in [0.2, 0.25) is 0 Å². The molecule has 0 saturated carbocycles. The van der Waals surface area contributed by atoms with Crippen molar-refractivity contribution >= 4 is 28.2 Å². The maximum absolute atomic E-state index is 8.91. The van der Waals surface area contributed by atoms with Crippen LogP contribution < -0.4 is 10.6 Å². The van der Waals surface area contributed by atoms with Gasteiger partial charge in [-0.05, 0) is 37.1 Å². The van der Waals surface area contributed by atoms with Crippen LogP contribution in [0.1, 0.15) is 16.8 Å². The third-order valence-electron chi connectivity index (χ3n) is 4.57. The highest BCUT2D eigenvalue weighted by Gasteiger charge is 2.12. The molecule has 0 aliphatic heterocycles. The third kappa shape index (κ3) is 3.34. The van der Waals surface area contributed by atoms with Crippen LogP contribution in [0.15, 0.2) is 42.9 Å². The van der Waals surface area contributed by atoms with Crippen molar-refractivity contribution < 1.29 is 5.11 Å². The van der Waals surface area contributed by atoms with Gasteiger partial charge in [-0.25, -0.2) is 15.0 Å². The summed E-state index contributed by atoms with van der Waals surface area (Å²) in [6.45, 7) is 5.40. The molecule has 138 valence electrons. The number of nitrogens with zero attached hydrogens (tertiary/aromatic N) is 4. The lowest BCUT2D eigenvalue weighted by Gasteiger charge is -2.14. The molecular weight excluding hydrogens is 340 g/mol. The number of aryl methyl sites for hydroxylation is 2. The van der Waals surface area contributed by atoms with E-state index in [1.54, 1.807) is 12.5 Å². The molecule has 0 aliphatic carbocycles. The highest BCUT2D eigenvalue weighted by Crippen LogP contribution is 2.27. The predicted octanol–water partition coefficient (Wildman–Crippen LogP) is 2.72. The Hall–Kier alpha value is -3.03. The summed E-state index contributed by atoms with van der Waals surface area (Å²) in [5, 5.41) is 15.5. The SMILES string of the molecule is Cc1cccc(C)c1Nc1nc2ccc(CNCCO)nc2n2cncc12. The van der Waals surface area contributed by atoms with Gasteiger partial charge in [-0.2, -0.15) is 0 Å². The molecule has 0 radical (unpaired) electrons. The van der Waals surface area contributed by atoms with Crippen LogP contribution in [-0.4, -0.2) is 37.6 Å². The number of aliphatic hydroxyl groups is 1. The van der Waals surface area contributed by atoms with E-state index in [9.17, 15) is 0 Å². The molecule has 1 aromatic carbocycles. The molecule has 27 heavy (non-hydrogen) atoms. The number of hydrogen-bond donors (Lipinski definition) is 3. The molecular formula is C20H22N6O. The number of para-hydroxylation sites is 1. The first-order chi connectivity index (χ1) is 13.2. The van der Waals surface area contributed by atoms with Crippen molar-refractivity contribution in [2.75, 3.05) is 18.5 Å². The molecule has 0 spiro atoms. The van der Waals surface area contributed by atoms with E-state index >= 15 is 0 Å². The average molecular weight is 362 g/mol. The van der Waals surface area contributed by atoms with E-state index < -0.39 is 0 Å². The summed E-state index contributed by atoms with van der Waals surface area (Å²) >= 11 is 0. The van der Waals surface area contributed by atoms with E-state index in [4.69, 9.17) is 15.1 Å². The van der Waals surface area contributed by atoms with Gasteiger partial charge in [-0.3, -0.25) is 4.40 Å². The van der Waals surface area contributed by atoms with E-state index in [0.29, 0.717) is 13.1 Å². The normalized spacial score (nSPS) is 11.4. The Kier molecular flexibility index (Phi) is 4.70. The van der Waals surface area contributed by atoms with Gasteiger partial charge in [0.2, 0.25) is 0 Å². The Bertz CT molecular complexity index is 1080. The first kappa shape index (κ1) is 17.4. The van der Waals surface area contributed by atoms with Crippen LogP contribution in [-0.2, 0) is 6.54 Å². The van der Waals surface area contributed by atoms with Gasteiger partial charge in [-0.1, -0.05) is 18.2 Å². The van der Waals surface area contributed by atoms with E-state index in [2.05, 4.69) is 41.6 Å². The van der Waals surface area contributed by atoms with E-state index in [-0.39, 0.29) is 6.61 Å². The highest BCUT2D eigenvalue weighted by atomic mass is 16.3. The monoisotopic (exact) mass is 362 g/mol. The number of imidazole rings is 1. The number of nitrogens with one attached hydrogen (secondary N) is 2. The van der Waals surface area contributed by atoms with Crippen molar-refractivity contribution in [3.05, 3.63) is 59.7 Å². The number of pyridine rings is 1. The third-order valence-corrected chi connectivity index (χ3v) is 4.57. The quantitative estimate of drug-likeness (QED) is 0.457. The fourth-order valence-corrected chi connectivity index (χ4v) is 3.18. The zero-order chi connectivity index (χ0) is 18.8. The number of hydrogen-bond acceptors (Lipinski definition) is 6. The second-order valence-electron chi connectivity index (χ2n) is 6.55. The highest BCUT2D eigenvalue weighted by molar-refractivity contribution is 5.84. The maximum Gasteiger partial charge on any atom is 0.164 e. The van der Waals surface area contributed by atoms with Gasteiger partial charge in [0.15, 0.2) is 11.5 Å². The number of fused-ring (bicyclic) bond motifs is 3. The summed E-state index contributed by atoms with van der Waals surface area (Å²) in [4.78, 5) is 13.8. The minimum absolute atomic E-state index is 0.105. The lowest BCUT2D eigenvalue weighted by atomic mass is 10.1. The van der Waals surface area contributed by atoms with Crippen molar-refractivity contribution in [3.63, 3.8) is 0 Å². The minimum atomic E-state index is 0.105. The van der Waals surface area contributed by atoms with Crippen LogP contribution in [0, 0.1) is 13.8 Å². The number of rotatable bonds is 6. The second-order valence-corrected chi connectivity index (χ2v) is 6.55. The van der Waals surface area contributed by atoms with Gasteiger partial charge >= 0.3 is 0 Å². The van der Waals surface area contributed by atoms with Gasteiger partial charge in [0.25, 0.3) is 0 Å². The molecule has 0 bridgehead atoms. The van der Waals surface area contributed by atoms with Gasteiger partial charge in [-0.15, -0.1) is 0 Å². The molecule has 3 heterocycles. The summed E-state index contributed by atoms with van der Waals surface area (Å²) < 4.78 is 1.95. The van der Waals surface area contributed by atoms with Crippen molar-refractivity contribution in [1.82, 2.24) is 24.7 Å². The smallest absolute Gasteiger partial charge is 0.164 e. The molecule has 0 fully saturated rings. The largest absolute Gasteiger partial charge is 0.395 e. The Labute approximate surface area is 157 Å². The number of anilines is 2. The average Bonchev–Trinajstić information content (AvgIpc) is 3.16. The van der Waals surface area contributed by atoms with Gasteiger partial charge < -0.3 is 15.7 Å². The van der Waals surface area contributed by atoms with Crippen LogP contribution in [0.5, 0.6) is 0 Å². The molecule has 0 aliphatic rings. The van der Waals surface area contributed by atoms with Crippen LogP contribution in [0.3, 0.4) is 0 Å². The molecule has 4 rings (SSSR count). The van der Waals surface area contributed by atoms with Crippen molar-refractivity contribution in [2.24, 2.45) is 0 Å². The Morgan fingerprint density at radius 3 is 2.67 bits per heavy atom. The minimum Gasteiger partial charge on any atom is -0.395 e. The van der Waals surface area contributed by atoms with E-state index in [1.165, 1.54) is 0 Å². The first-order valence-corrected chi connectivity index (χ1v) is 8.94. The molecule has 0 saturated heterocycles. The van der Waals surface area contributed by atoms with Crippen LogP contribution >= 0.6 is 0 Å². The summed E-state index contributed by atoms with van der Waals surface area (Å²) in [7, 11) is 0. The van der Waals surface area contributed by atoms with Crippen LogP contribution in [0.25, 0.3) is 16.7 Å². The van der Waals surface area contributed by atoms with Gasteiger partial charge in [0, 0.05) is 18.8 Å². The second kappa shape index (κ2) is 7.30. The molecule has 3 N–H and O–H groups in total. The van der Waals surface area contributed by atoms with Gasteiger partial charge in [0.05, 0.1) is 18.5 Å².